The SMILES string of the molecule is CN(C)C1CCN(CC(N)C(N)=O)C1. The van der Waals surface area contributed by atoms with Crippen LogP contribution >= 0.6 is 0 Å². The summed E-state index contributed by atoms with van der Waals surface area (Å²) in [6.07, 6.45) is 1.14. The summed E-state index contributed by atoms with van der Waals surface area (Å²) < 4.78 is 0. The first-order valence-corrected chi connectivity index (χ1v) is 4.94. The van der Waals surface area contributed by atoms with Crippen molar-refractivity contribution in [1.29, 1.82) is 0 Å². The van der Waals surface area contributed by atoms with Gasteiger partial charge in [0.15, 0.2) is 0 Å². The van der Waals surface area contributed by atoms with E-state index in [1.165, 1.54) is 0 Å². The quantitative estimate of drug-likeness (QED) is 0.575. The van der Waals surface area contributed by atoms with E-state index in [0.717, 1.165) is 19.5 Å². The zero-order chi connectivity index (χ0) is 10.7. The smallest absolute Gasteiger partial charge is 0.235 e. The number of primary amides is 1. The fourth-order valence-corrected chi connectivity index (χ4v) is 1.77. The number of likely N-dealkylation sites (tertiary alicyclic amines) is 1. The van der Waals surface area contributed by atoms with Gasteiger partial charge in [-0.05, 0) is 27.1 Å². The topological polar surface area (TPSA) is 75.6 Å². The van der Waals surface area contributed by atoms with Gasteiger partial charge in [0, 0.05) is 19.1 Å². The summed E-state index contributed by atoms with van der Waals surface area (Å²) in [6, 6.07) is 0.0472. The Morgan fingerprint density at radius 1 is 1.64 bits per heavy atom. The van der Waals surface area contributed by atoms with E-state index in [-0.39, 0.29) is 0 Å². The molecule has 0 aromatic rings. The largest absolute Gasteiger partial charge is 0.368 e. The summed E-state index contributed by atoms with van der Waals surface area (Å²) in [5, 5.41) is 0. The average molecular weight is 200 g/mol. The second-order valence-corrected chi connectivity index (χ2v) is 4.17. The fourth-order valence-electron chi connectivity index (χ4n) is 1.77. The highest BCUT2D eigenvalue weighted by Crippen LogP contribution is 2.12. The Balaban J connectivity index is 2.32. The molecule has 1 amide bonds. The van der Waals surface area contributed by atoms with Crippen molar-refractivity contribution in [1.82, 2.24) is 9.80 Å². The summed E-state index contributed by atoms with van der Waals surface area (Å²) in [7, 11) is 4.14. The summed E-state index contributed by atoms with van der Waals surface area (Å²) >= 11 is 0. The summed E-state index contributed by atoms with van der Waals surface area (Å²) in [6.45, 7) is 2.57. The highest BCUT2D eigenvalue weighted by atomic mass is 16.1. The van der Waals surface area contributed by atoms with Crippen molar-refractivity contribution in [3.63, 3.8) is 0 Å². The maximum Gasteiger partial charge on any atom is 0.235 e. The second-order valence-electron chi connectivity index (χ2n) is 4.17. The van der Waals surface area contributed by atoms with Crippen molar-refractivity contribution in [2.75, 3.05) is 33.7 Å². The Bertz CT molecular complexity index is 207. The molecule has 4 N–H and O–H groups in total. The first kappa shape index (κ1) is 11.4. The number of hydrogen-bond acceptors (Lipinski definition) is 4. The van der Waals surface area contributed by atoms with Crippen LogP contribution in [0.4, 0.5) is 0 Å². The van der Waals surface area contributed by atoms with Gasteiger partial charge >= 0.3 is 0 Å². The molecule has 0 aliphatic carbocycles. The predicted molar refractivity (Wildman–Crippen MR) is 55.7 cm³/mol. The lowest BCUT2D eigenvalue weighted by Gasteiger charge is -2.21. The standard InChI is InChI=1S/C9H20N4O/c1-12(2)7-3-4-13(5-7)6-8(10)9(11)14/h7-8H,3-6,10H2,1-2H3,(H2,11,14). The van der Waals surface area contributed by atoms with Gasteiger partial charge in [0.25, 0.3) is 0 Å². The number of hydrogen-bond donors (Lipinski definition) is 2. The molecule has 1 fully saturated rings. The molecule has 2 atom stereocenters. The Hall–Kier alpha value is -0.650. The van der Waals surface area contributed by atoms with Gasteiger partial charge in [-0.15, -0.1) is 0 Å². The van der Waals surface area contributed by atoms with E-state index < -0.39 is 11.9 Å². The third-order valence-electron chi connectivity index (χ3n) is 2.80. The summed E-state index contributed by atoms with van der Waals surface area (Å²) in [5.41, 5.74) is 10.7. The lowest BCUT2D eigenvalue weighted by Crippen LogP contribution is -2.46. The van der Waals surface area contributed by atoms with Gasteiger partial charge in [0.2, 0.25) is 5.91 Å². The van der Waals surface area contributed by atoms with Crippen molar-refractivity contribution in [3.05, 3.63) is 0 Å². The van der Waals surface area contributed by atoms with E-state index in [4.69, 9.17) is 11.5 Å². The molecular weight excluding hydrogens is 180 g/mol. The molecule has 14 heavy (non-hydrogen) atoms. The van der Waals surface area contributed by atoms with Crippen LogP contribution in [0.15, 0.2) is 0 Å². The Kier molecular flexibility index (Phi) is 3.86. The molecule has 0 aromatic heterocycles. The molecule has 1 saturated heterocycles. The maximum absolute atomic E-state index is 10.8. The molecule has 5 nitrogen and oxygen atoms in total. The number of amides is 1. The first-order chi connectivity index (χ1) is 6.50. The van der Waals surface area contributed by atoms with E-state index in [0.29, 0.717) is 12.6 Å². The van der Waals surface area contributed by atoms with Gasteiger partial charge < -0.3 is 16.4 Å². The highest BCUT2D eigenvalue weighted by Gasteiger charge is 2.25. The number of nitrogens with two attached hydrogens (primary N) is 2. The highest BCUT2D eigenvalue weighted by molar-refractivity contribution is 5.79. The van der Waals surface area contributed by atoms with Gasteiger partial charge in [-0.25, -0.2) is 0 Å². The molecule has 5 heteroatoms. The number of likely N-dealkylation sites (N-methyl/N-ethyl adjacent to an activating group) is 1. The minimum Gasteiger partial charge on any atom is -0.368 e. The third kappa shape index (κ3) is 2.94. The van der Waals surface area contributed by atoms with Gasteiger partial charge in [0.05, 0.1) is 6.04 Å². The predicted octanol–water partition coefficient (Wildman–Crippen LogP) is -1.57. The van der Waals surface area contributed by atoms with Crippen LogP contribution in [-0.4, -0.2) is 61.5 Å². The van der Waals surface area contributed by atoms with Crippen molar-refractivity contribution >= 4 is 5.91 Å². The van der Waals surface area contributed by atoms with Crippen molar-refractivity contribution in [2.24, 2.45) is 11.5 Å². The van der Waals surface area contributed by atoms with Crippen LogP contribution in [0.3, 0.4) is 0 Å². The molecule has 1 aliphatic heterocycles. The molecule has 2 unspecified atom stereocenters. The Morgan fingerprint density at radius 2 is 2.29 bits per heavy atom. The lowest BCUT2D eigenvalue weighted by atomic mass is 10.2. The zero-order valence-corrected chi connectivity index (χ0v) is 8.94. The van der Waals surface area contributed by atoms with E-state index in [1.54, 1.807) is 0 Å². The molecule has 0 saturated carbocycles. The first-order valence-electron chi connectivity index (χ1n) is 4.94. The van der Waals surface area contributed by atoms with Crippen LogP contribution in [0.5, 0.6) is 0 Å². The van der Waals surface area contributed by atoms with E-state index in [1.807, 2.05) is 0 Å². The van der Waals surface area contributed by atoms with Crippen molar-refractivity contribution in [3.8, 4) is 0 Å². The monoisotopic (exact) mass is 200 g/mol. The summed E-state index contributed by atoms with van der Waals surface area (Å²) in [5.74, 6) is -0.418. The van der Waals surface area contributed by atoms with E-state index >= 15 is 0 Å². The molecule has 1 aliphatic rings. The third-order valence-corrected chi connectivity index (χ3v) is 2.80. The van der Waals surface area contributed by atoms with Crippen LogP contribution < -0.4 is 11.5 Å². The Morgan fingerprint density at radius 3 is 2.71 bits per heavy atom. The number of carbonyl (C=O) groups excluding carboxylic acids is 1. The van der Waals surface area contributed by atoms with Crippen LogP contribution in [-0.2, 0) is 4.79 Å². The van der Waals surface area contributed by atoms with Crippen molar-refractivity contribution in [2.45, 2.75) is 18.5 Å². The molecule has 82 valence electrons. The maximum atomic E-state index is 10.8. The van der Waals surface area contributed by atoms with Crippen LogP contribution in [0.1, 0.15) is 6.42 Å². The van der Waals surface area contributed by atoms with Gasteiger partial charge in [0.1, 0.15) is 0 Å². The van der Waals surface area contributed by atoms with Gasteiger partial charge in [-0.1, -0.05) is 0 Å². The Labute approximate surface area is 85.0 Å². The number of nitrogens with zero attached hydrogens (tertiary/aromatic N) is 2. The lowest BCUT2D eigenvalue weighted by molar-refractivity contribution is -0.119. The van der Waals surface area contributed by atoms with Crippen LogP contribution in [0.2, 0.25) is 0 Å². The fraction of sp³-hybridized carbons (Fsp3) is 0.889. The van der Waals surface area contributed by atoms with E-state index in [9.17, 15) is 4.79 Å². The minimum absolute atomic E-state index is 0.418. The molecule has 0 bridgehead atoms. The molecular formula is C9H20N4O. The van der Waals surface area contributed by atoms with Crippen molar-refractivity contribution < 1.29 is 4.79 Å². The zero-order valence-electron chi connectivity index (χ0n) is 8.94. The van der Waals surface area contributed by atoms with Crippen LogP contribution in [0, 0.1) is 0 Å². The molecule has 0 spiro atoms. The average Bonchev–Trinajstić information content (AvgIpc) is 2.52. The normalized spacial score (nSPS) is 25.6. The summed E-state index contributed by atoms with van der Waals surface area (Å²) in [4.78, 5) is 15.2. The minimum atomic E-state index is -0.532. The number of carbonyl (C=O) groups is 1. The second kappa shape index (κ2) is 4.72. The van der Waals surface area contributed by atoms with Crippen LogP contribution in [0.25, 0.3) is 0 Å². The molecule has 0 radical (unpaired) electrons. The molecule has 0 aromatic carbocycles. The molecule has 1 rings (SSSR count). The van der Waals surface area contributed by atoms with Gasteiger partial charge in [-0.3, -0.25) is 9.69 Å². The van der Waals surface area contributed by atoms with E-state index in [2.05, 4.69) is 23.9 Å². The molecule has 1 heterocycles. The van der Waals surface area contributed by atoms with Gasteiger partial charge in [-0.2, -0.15) is 0 Å². The number of rotatable bonds is 4.